The van der Waals surface area contributed by atoms with Crippen LogP contribution in [0.5, 0.6) is 0 Å². The number of nitrogens with zero attached hydrogens (tertiary/aromatic N) is 1. The molecule has 0 heterocycles. The van der Waals surface area contributed by atoms with Crippen LogP contribution >= 0.6 is 23.2 Å². The lowest BCUT2D eigenvalue weighted by Gasteiger charge is -2.02. The molecule has 4 nitrogen and oxygen atoms in total. The van der Waals surface area contributed by atoms with Gasteiger partial charge in [-0.3, -0.25) is 9.59 Å². The second-order valence-electron chi connectivity index (χ2n) is 0.876. The zero-order valence-electron chi connectivity index (χ0n) is 3.60. The molecule has 0 bridgehead atoms. The minimum absolute atomic E-state index is 0.0864. The van der Waals surface area contributed by atoms with Gasteiger partial charge in [0.25, 0.3) is 0 Å². The van der Waals surface area contributed by atoms with Gasteiger partial charge in [0.15, 0.2) is 0 Å². The van der Waals surface area contributed by atoms with Crippen LogP contribution in [0.25, 0.3) is 0 Å². The van der Waals surface area contributed by atoms with Crippen LogP contribution in [0, 0.1) is 0 Å². The number of rotatable bonds is 0. The van der Waals surface area contributed by atoms with Gasteiger partial charge in [-0.1, -0.05) is 0 Å². The third kappa shape index (κ3) is 2.11. The highest BCUT2D eigenvalue weighted by Gasteiger charge is 2.10. The summed E-state index contributed by atoms with van der Waals surface area (Å²) in [6.07, 6.45) is 0. The molecule has 0 aliphatic carbocycles. The Bertz CT molecular complexity index is 111. The van der Waals surface area contributed by atoms with E-state index in [-0.39, 0.29) is 5.01 Å². The first-order valence-electron chi connectivity index (χ1n) is 1.49. The van der Waals surface area contributed by atoms with E-state index in [4.69, 9.17) is 0 Å². The Morgan fingerprint density at radius 2 is 1.50 bits per heavy atom. The van der Waals surface area contributed by atoms with Gasteiger partial charge in [-0.25, -0.2) is 5.84 Å². The van der Waals surface area contributed by atoms with Crippen molar-refractivity contribution in [3.05, 3.63) is 0 Å². The number of hydrogen-bond donors (Lipinski definition) is 1. The van der Waals surface area contributed by atoms with Crippen molar-refractivity contribution in [1.29, 1.82) is 0 Å². The lowest BCUT2D eigenvalue weighted by molar-refractivity contribution is 0.215. The predicted molar refractivity (Wildman–Crippen MR) is 28.5 cm³/mol. The van der Waals surface area contributed by atoms with Crippen LogP contribution in [0.2, 0.25) is 0 Å². The number of nitrogens with two attached hydrogens (primary N) is 1. The Labute approximate surface area is 55.1 Å². The molecule has 0 aliphatic heterocycles. The van der Waals surface area contributed by atoms with E-state index in [1.165, 1.54) is 0 Å². The fraction of sp³-hybridized carbons (Fsp3) is 0. The van der Waals surface area contributed by atoms with Crippen molar-refractivity contribution in [2.24, 2.45) is 5.84 Å². The highest BCUT2D eigenvalue weighted by Crippen LogP contribution is 1.93. The van der Waals surface area contributed by atoms with E-state index in [9.17, 15) is 9.59 Å². The van der Waals surface area contributed by atoms with Crippen LogP contribution < -0.4 is 5.84 Å². The number of hydrogen-bond acceptors (Lipinski definition) is 3. The summed E-state index contributed by atoms with van der Waals surface area (Å²) in [4.78, 5) is 19.7. The zero-order chi connectivity index (χ0) is 6.73. The molecule has 0 spiro atoms. The molecule has 46 valence electrons. The van der Waals surface area contributed by atoms with Crippen LogP contribution in [0.4, 0.5) is 9.59 Å². The Balaban J connectivity index is 3.83. The quantitative estimate of drug-likeness (QED) is 0.186. The summed E-state index contributed by atoms with van der Waals surface area (Å²) in [5.74, 6) is 4.63. The average Bonchev–Trinajstić information content (AvgIpc) is 1.64. The molecule has 0 aromatic carbocycles. The van der Waals surface area contributed by atoms with Gasteiger partial charge < -0.3 is 0 Å². The van der Waals surface area contributed by atoms with E-state index in [1.807, 2.05) is 0 Å². The molecular formula is C2H2Cl2N2O2. The third-order valence-electron chi connectivity index (χ3n) is 0.379. The van der Waals surface area contributed by atoms with E-state index < -0.39 is 10.7 Å². The van der Waals surface area contributed by atoms with Gasteiger partial charge in [-0.2, -0.15) is 5.01 Å². The van der Waals surface area contributed by atoms with Gasteiger partial charge in [-0.15, -0.1) is 0 Å². The van der Waals surface area contributed by atoms with E-state index in [0.29, 0.717) is 0 Å². The van der Waals surface area contributed by atoms with E-state index >= 15 is 0 Å². The van der Waals surface area contributed by atoms with Gasteiger partial charge >= 0.3 is 10.7 Å². The number of carbonyl (C=O) groups excluding carboxylic acids is 2. The third-order valence-corrected chi connectivity index (χ3v) is 0.743. The summed E-state index contributed by atoms with van der Waals surface area (Å²) in [5, 5.41) is -2.13. The number of hydrazine groups is 1. The van der Waals surface area contributed by atoms with Gasteiger partial charge in [-0.05, 0) is 23.2 Å². The van der Waals surface area contributed by atoms with Crippen LogP contribution in [0.1, 0.15) is 0 Å². The summed E-state index contributed by atoms with van der Waals surface area (Å²) >= 11 is 9.36. The summed E-state index contributed by atoms with van der Waals surface area (Å²) in [7, 11) is 0. The standard InChI is InChI=1S/C2H2Cl2N2O2/c3-1(7)6(5)2(4)8/h5H2. The molecule has 8 heavy (non-hydrogen) atoms. The zero-order valence-corrected chi connectivity index (χ0v) is 5.11. The van der Waals surface area contributed by atoms with Crippen molar-refractivity contribution >= 4 is 33.9 Å². The van der Waals surface area contributed by atoms with Gasteiger partial charge in [0.1, 0.15) is 0 Å². The molecule has 0 aromatic heterocycles. The smallest absolute Gasteiger partial charge is 0.253 e. The molecule has 0 unspecified atom stereocenters. The lowest BCUT2D eigenvalue weighted by Crippen LogP contribution is -2.35. The Morgan fingerprint density at radius 1 is 1.25 bits per heavy atom. The first-order chi connectivity index (χ1) is 3.55. The topological polar surface area (TPSA) is 63.4 Å². The van der Waals surface area contributed by atoms with E-state index in [0.717, 1.165) is 0 Å². The minimum atomic E-state index is -1.11. The SMILES string of the molecule is NN(C(=O)Cl)C(=O)Cl. The first kappa shape index (κ1) is 7.68. The number of halogens is 2. The van der Waals surface area contributed by atoms with Crippen LogP contribution in [-0.4, -0.2) is 15.7 Å². The molecule has 0 aliphatic rings. The fourth-order valence-electron chi connectivity index (χ4n) is 0.0691. The number of carbonyl (C=O) groups is 2. The maximum atomic E-state index is 9.85. The summed E-state index contributed by atoms with van der Waals surface area (Å²) in [6.45, 7) is 0. The molecular weight excluding hydrogens is 155 g/mol. The van der Waals surface area contributed by atoms with Gasteiger partial charge in [0.2, 0.25) is 0 Å². The van der Waals surface area contributed by atoms with Gasteiger partial charge in [0.05, 0.1) is 0 Å². The van der Waals surface area contributed by atoms with Crippen LogP contribution in [0.15, 0.2) is 0 Å². The molecule has 0 aromatic rings. The lowest BCUT2D eigenvalue weighted by atomic mass is 11.1. The van der Waals surface area contributed by atoms with Gasteiger partial charge in [0, 0.05) is 0 Å². The van der Waals surface area contributed by atoms with Crippen molar-refractivity contribution in [1.82, 2.24) is 5.01 Å². The molecule has 0 saturated carbocycles. The van der Waals surface area contributed by atoms with Crippen molar-refractivity contribution in [3.63, 3.8) is 0 Å². The van der Waals surface area contributed by atoms with Crippen molar-refractivity contribution < 1.29 is 9.59 Å². The second kappa shape index (κ2) is 2.86. The molecule has 2 N–H and O–H groups in total. The highest BCUT2D eigenvalue weighted by atomic mass is 35.5. The maximum absolute atomic E-state index is 9.85. The Morgan fingerprint density at radius 3 is 1.50 bits per heavy atom. The summed E-state index contributed by atoms with van der Waals surface area (Å²) in [5.41, 5.74) is 0. The van der Waals surface area contributed by atoms with E-state index in [1.54, 1.807) is 0 Å². The number of amides is 2. The fourth-order valence-corrected chi connectivity index (χ4v) is 0.266. The van der Waals surface area contributed by atoms with E-state index in [2.05, 4.69) is 29.0 Å². The monoisotopic (exact) mass is 156 g/mol. The largest absolute Gasteiger partial charge is 0.338 e. The summed E-state index contributed by atoms with van der Waals surface area (Å²) in [6, 6.07) is 0. The summed E-state index contributed by atoms with van der Waals surface area (Å²) < 4.78 is 0. The van der Waals surface area contributed by atoms with Crippen molar-refractivity contribution in [2.45, 2.75) is 0 Å². The molecule has 0 fully saturated rings. The van der Waals surface area contributed by atoms with Crippen LogP contribution in [-0.2, 0) is 0 Å². The minimum Gasteiger partial charge on any atom is -0.253 e. The predicted octanol–water partition coefficient (Wildman–Crippen LogP) is 0.880. The van der Waals surface area contributed by atoms with Crippen molar-refractivity contribution in [3.8, 4) is 0 Å². The Kier molecular flexibility index (Phi) is 2.75. The maximum Gasteiger partial charge on any atom is 0.338 e. The average molecular weight is 157 g/mol. The second-order valence-corrected chi connectivity index (χ2v) is 1.52. The molecule has 2 amide bonds. The molecule has 0 radical (unpaired) electrons. The van der Waals surface area contributed by atoms with Crippen molar-refractivity contribution in [2.75, 3.05) is 0 Å². The molecule has 0 atom stereocenters. The van der Waals surface area contributed by atoms with Crippen LogP contribution in [0.3, 0.4) is 0 Å². The highest BCUT2D eigenvalue weighted by molar-refractivity contribution is 6.70. The normalized spacial score (nSPS) is 8.38. The molecule has 0 rings (SSSR count). The molecule has 6 heteroatoms. The molecule has 0 saturated heterocycles. The Hall–Kier alpha value is -0.320. The first-order valence-corrected chi connectivity index (χ1v) is 2.25. The number of imide groups is 1.